The van der Waals surface area contributed by atoms with Gasteiger partial charge in [0.25, 0.3) is 0 Å². The number of hydrogen-bond donors (Lipinski definition) is 2. The monoisotopic (exact) mass is 324 g/mol. The van der Waals surface area contributed by atoms with Crippen molar-refractivity contribution in [1.82, 2.24) is 14.9 Å². The van der Waals surface area contributed by atoms with Crippen LogP contribution in [0.25, 0.3) is 0 Å². The molecule has 2 N–H and O–H groups in total. The van der Waals surface area contributed by atoms with E-state index in [1.54, 1.807) is 36.9 Å². The van der Waals surface area contributed by atoms with Crippen molar-refractivity contribution in [2.24, 2.45) is 0 Å². The smallest absolute Gasteiger partial charge is 0.347 e. The van der Waals surface area contributed by atoms with E-state index in [9.17, 15) is 9.59 Å². The van der Waals surface area contributed by atoms with Crippen LogP contribution < -0.4 is 16.3 Å². The number of nitrogens with zero attached hydrogens (tertiary/aromatic N) is 2. The number of urea groups is 1. The molecular weight excluding hydrogens is 308 g/mol. The molecule has 122 valence electrons. The first-order chi connectivity index (χ1) is 11.7. The van der Waals surface area contributed by atoms with Crippen molar-refractivity contribution in [3.8, 4) is 0 Å². The van der Waals surface area contributed by atoms with E-state index in [4.69, 9.17) is 4.42 Å². The molecule has 0 atom stereocenters. The molecule has 7 nitrogen and oxygen atoms in total. The van der Waals surface area contributed by atoms with Crippen molar-refractivity contribution in [3.05, 3.63) is 82.9 Å². The number of carbonyl (C=O) groups excluding carboxylic acids is 1. The second kappa shape index (κ2) is 7.28. The van der Waals surface area contributed by atoms with Crippen LogP contribution in [0.15, 0.2) is 70.5 Å². The number of aromatic nitrogens is 2. The number of amides is 2. The van der Waals surface area contributed by atoms with Gasteiger partial charge in [0.15, 0.2) is 0 Å². The van der Waals surface area contributed by atoms with E-state index in [1.807, 2.05) is 18.2 Å². The Kier molecular flexibility index (Phi) is 4.71. The predicted octanol–water partition coefficient (Wildman–Crippen LogP) is 2.21. The van der Waals surface area contributed by atoms with Gasteiger partial charge in [-0.05, 0) is 29.8 Å². The summed E-state index contributed by atoms with van der Waals surface area (Å²) in [4.78, 5) is 27.3. The Hall–Kier alpha value is -3.35. The normalized spacial score (nSPS) is 10.3. The lowest BCUT2D eigenvalue weighted by Crippen LogP contribution is -2.28. The Morgan fingerprint density at radius 1 is 1.21 bits per heavy atom. The van der Waals surface area contributed by atoms with Crippen LogP contribution in [0.3, 0.4) is 0 Å². The summed E-state index contributed by atoms with van der Waals surface area (Å²) < 4.78 is 6.44. The average Bonchev–Trinajstić information content (AvgIpc) is 3.09. The van der Waals surface area contributed by atoms with Gasteiger partial charge in [-0.15, -0.1) is 0 Å². The second-order valence-electron chi connectivity index (χ2n) is 5.17. The molecule has 0 aliphatic carbocycles. The summed E-state index contributed by atoms with van der Waals surface area (Å²) in [5, 5.41) is 5.50. The van der Waals surface area contributed by atoms with Crippen LogP contribution in [0.4, 0.5) is 10.5 Å². The number of furan rings is 1. The summed E-state index contributed by atoms with van der Waals surface area (Å²) in [6.45, 7) is 0.770. The van der Waals surface area contributed by atoms with Crippen molar-refractivity contribution in [3.63, 3.8) is 0 Å². The molecule has 0 spiro atoms. The third kappa shape index (κ3) is 4.10. The van der Waals surface area contributed by atoms with Crippen molar-refractivity contribution in [1.29, 1.82) is 0 Å². The van der Waals surface area contributed by atoms with E-state index in [0.717, 1.165) is 11.1 Å². The molecule has 2 heterocycles. The Bertz CT molecular complexity index is 871. The topological polar surface area (TPSA) is 89.2 Å². The number of carbonyl (C=O) groups is 1. The molecule has 0 aliphatic rings. The Labute approximate surface area is 138 Å². The fraction of sp³-hybridized carbons (Fsp3) is 0.118. The Morgan fingerprint density at radius 3 is 2.92 bits per heavy atom. The van der Waals surface area contributed by atoms with Crippen molar-refractivity contribution in [2.75, 3.05) is 5.32 Å². The highest BCUT2D eigenvalue weighted by molar-refractivity contribution is 5.89. The van der Waals surface area contributed by atoms with Gasteiger partial charge in [0.1, 0.15) is 0 Å². The molecule has 0 unspecified atom stereocenters. The zero-order chi connectivity index (χ0) is 16.8. The molecule has 2 amide bonds. The maximum Gasteiger partial charge on any atom is 0.347 e. The van der Waals surface area contributed by atoms with Gasteiger partial charge in [0.2, 0.25) is 0 Å². The highest BCUT2D eigenvalue weighted by atomic mass is 16.3. The van der Waals surface area contributed by atoms with E-state index in [-0.39, 0.29) is 11.7 Å². The highest BCUT2D eigenvalue weighted by Crippen LogP contribution is 2.11. The minimum Gasteiger partial charge on any atom is -0.472 e. The van der Waals surface area contributed by atoms with E-state index in [2.05, 4.69) is 15.6 Å². The van der Waals surface area contributed by atoms with Gasteiger partial charge in [-0.3, -0.25) is 4.57 Å². The van der Waals surface area contributed by atoms with Crippen LogP contribution in [0.2, 0.25) is 0 Å². The maximum atomic E-state index is 11.9. The Balaban J connectivity index is 1.61. The molecule has 1 aromatic carbocycles. The third-order valence-corrected chi connectivity index (χ3v) is 3.35. The Morgan fingerprint density at radius 2 is 2.12 bits per heavy atom. The molecule has 0 fully saturated rings. The van der Waals surface area contributed by atoms with E-state index in [1.165, 1.54) is 10.8 Å². The molecule has 24 heavy (non-hydrogen) atoms. The fourth-order valence-electron chi connectivity index (χ4n) is 2.20. The van der Waals surface area contributed by atoms with Crippen LogP contribution in [0.5, 0.6) is 0 Å². The summed E-state index contributed by atoms with van der Waals surface area (Å²) in [6.07, 6.45) is 6.26. The molecule has 0 saturated carbocycles. The molecule has 0 radical (unpaired) electrons. The fourth-order valence-corrected chi connectivity index (χ4v) is 2.20. The quantitative estimate of drug-likeness (QED) is 0.753. The molecule has 2 aromatic heterocycles. The van der Waals surface area contributed by atoms with Gasteiger partial charge in [-0.25, -0.2) is 14.6 Å². The standard InChI is InChI=1S/C17H16N4O3/c22-16(19-10-14-5-8-24-12-14)20-15-4-1-3-13(9-15)11-21-7-2-6-18-17(21)23/h1-9,12H,10-11H2,(H2,19,20,22). The summed E-state index contributed by atoms with van der Waals surface area (Å²) >= 11 is 0. The van der Waals surface area contributed by atoms with Gasteiger partial charge in [0.05, 0.1) is 19.1 Å². The lowest BCUT2D eigenvalue weighted by atomic mass is 10.2. The molecule has 3 rings (SSSR count). The number of anilines is 1. The molecule has 0 aliphatic heterocycles. The minimum atomic E-state index is -0.313. The molecule has 0 saturated heterocycles. The average molecular weight is 324 g/mol. The first kappa shape index (κ1) is 15.5. The van der Waals surface area contributed by atoms with E-state index < -0.39 is 0 Å². The van der Waals surface area contributed by atoms with E-state index in [0.29, 0.717) is 18.8 Å². The zero-order valence-corrected chi connectivity index (χ0v) is 12.8. The lowest BCUT2D eigenvalue weighted by molar-refractivity contribution is 0.251. The van der Waals surface area contributed by atoms with Gasteiger partial charge in [0, 0.05) is 30.2 Å². The number of rotatable bonds is 5. The van der Waals surface area contributed by atoms with Gasteiger partial charge >= 0.3 is 11.7 Å². The lowest BCUT2D eigenvalue weighted by Gasteiger charge is -2.09. The van der Waals surface area contributed by atoms with Crippen LogP contribution in [0.1, 0.15) is 11.1 Å². The van der Waals surface area contributed by atoms with Crippen LogP contribution in [0, 0.1) is 0 Å². The van der Waals surface area contributed by atoms with Gasteiger partial charge in [-0.1, -0.05) is 12.1 Å². The zero-order valence-electron chi connectivity index (χ0n) is 12.8. The van der Waals surface area contributed by atoms with E-state index >= 15 is 0 Å². The van der Waals surface area contributed by atoms with Crippen molar-refractivity contribution >= 4 is 11.7 Å². The summed E-state index contributed by atoms with van der Waals surface area (Å²) in [5.74, 6) is 0. The first-order valence-corrected chi connectivity index (χ1v) is 7.37. The van der Waals surface area contributed by atoms with Crippen molar-refractivity contribution < 1.29 is 9.21 Å². The number of nitrogens with one attached hydrogen (secondary N) is 2. The summed E-state index contributed by atoms with van der Waals surface area (Å²) in [7, 11) is 0. The SMILES string of the molecule is O=C(NCc1ccoc1)Nc1cccc(Cn2cccnc2=O)c1. The first-order valence-electron chi connectivity index (χ1n) is 7.37. The van der Waals surface area contributed by atoms with Crippen LogP contribution in [-0.2, 0) is 13.1 Å². The van der Waals surface area contributed by atoms with Crippen LogP contribution in [-0.4, -0.2) is 15.6 Å². The minimum absolute atomic E-state index is 0.311. The number of hydrogen-bond acceptors (Lipinski definition) is 4. The van der Waals surface area contributed by atoms with Gasteiger partial charge in [-0.2, -0.15) is 0 Å². The van der Waals surface area contributed by atoms with Gasteiger partial charge < -0.3 is 15.1 Å². The van der Waals surface area contributed by atoms with Crippen LogP contribution >= 0.6 is 0 Å². The van der Waals surface area contributed by atoms with Crippen molar-refractivity contribution in [2.45, 2.75) is 13.1 Å². The third-order valence-electron chi connectivity index (χ3n) is 3.35. The summed E-state index contributed by atoms with van der Waals surface area (Å²) in [5.41, 5.74) is 2.11. The highest BCUT2D eigenvalue weighted by Gasteiger charge is 2.04. The molecular formula is C17H16N4O3. The molecule has 0 bridgehead atoms. The number of benzene rings is 1. The molecule has 7 heteroatoms. The maximum absolute atomic E-state index is 11.9. The molecule has 3 aromatic rings. The summed E-state index contributed by atoms with van der Waals surface area (Å²) in [6, 6.07) is 10.5. The largest absolute Gasteiger partial charge is 0.472 e. The predicted molar refractivity (Wildman–Crippen MR) is 88.6 cm³/mol. The second-order valence-corrected chi connectivity index (χ2v) is 5.17.